The van der Waals surface area contributed by atoms with Crippen molar-refractivity contribution in [3.8, 4) is 0 Å². The zero-order chi connectivity index (χ0) is 43.3. The first-order valence-corrected chi connectivity index (χ1v) is 24.7. The fraction of sp³-hybridized carbons (Fsp3) is 0.474. The minimum atomic E-state index is -4.62. The number of carboxylic acids is 1. The SMILES string of the molecule is CC1(CCCCS(=O)(=O)O)C(/C=C/C=C/C=C2/N(CCCCCC(=O)O)c3ccc(S(=O)(=O)O)cc3C2(C)C)=[N+](CCCCS(=O)(=O)O)c2ccc(S(=O)(=O)O)cc21. The Kier molecular flexibility index (Phi) is 14.8. The number of benzene rings is 2. The smallest absolute Gasteiger partial charge is 0.303 e. The Bertz CT molecular complexity index is 2470. The zero-order valence-electron chi connectivity index (χ0n) is 32.5. The van der Waals surface area contributed by atoms with E-state index in [1.54, 1.807) is 30.4 Å². The molecule has 0 amide bonds. The monoisotopic (exact) mass is 887 g/mol. The predicted octanol–water partition coefficient (Wildman–Crippen LogP) is 5.70. The second-order valence-electron chi connectivity index (χ2n) is 15.2. The molecule has 2 aromatic rings. The number of carbonyl (C=O) groups is 1. The summed E-state index contributed by atoms with van der Waals surface area (Å²) in [6.45, 7) is 6.42. The fourth-order valence-electron chi connectivity index (χ4n) is 7.65. The molecule has 2 heterocycles. The Morgan fingerprint density at radius 3 is 1.88 bits per heavy atom. The van der Waals surface area contributed by atoms with Crippen molar-refractivity contribution in [1.82, 2.24) is 0 Å². The Morgan fingerprint density at radius 2 is 1.29 bits per heavy atom. The van der Waals surface area contributed by atoms with Gasteiger partial charge >= 0.3 is 5.97 Å². The lowest BCUT2D eigenvalue weighted by molar-refractivity contribution is -0.438. The molecule has 0 aromatic heterocycles. The van der Waals surface area contributed by atoms with Gasteiger partial charge in [0.25, 0.3) is 40.5 Å². The summed E-state index contributed by atoms with van der Waals surface area (Å²) >= 11 is 0. The van der Waals surface area contributed by atoms with Crippen LogP contribution in [0.25, 0.3) is 0 Å². The molecule has 16 nitrogen and oxygen atoms in total. The summed E-state index contributed by atoms with van der Waals surface area (Å²) in [4.78, 5) is 12.5. The van der Waals surface area contributed by atoms with Gasteiger partial charge < -0.3 is 10.0 Å². The standard InChI is InChI=1S/C38H50N2O14S4/c1-37(2)30-26-28(57(49,50)51)17-19-32(30)39(22-10-5-8-16-36(41)42)34(37)14-6-4-7-15-35-38(3,21-9-12-24-55(43,44)45)31-27-29(58(52,53)54)18-20-33(31)40(35)23-11-13-25-56(46,47)48/h4,6-7,14-15,17-20,26-27H,5,8-13,16,21-25H2,1-3H3,(H4-,41,42,43,44,45,46,47,48,49,50,51,52,53,54)/p+1. The topological polar surface area (TPSA) is 261 Å². The lowest BCUT2D eigenvalue weighted by atomic mass is 9.75. The van der Waals surface area contributed by atoms with Gasteiger partial charge in [-0.1, -0.05) is 44.9 Å². The first kappa shape index (κ1) is 46.9. The minimum absolute atomic E-state index is 0.0367. The van der Waals surface area contributed by atoms with Crippen LogP contribution in [-0.2, 0) is 56.1 Å². The van der Waals surface area contributed by atoms with Crippen LogP contribution in [-0.4, -0.2) is 97.8 Å². The van der Waals surface area contributed by atoms with E-state index in [2.05, 4.69) is 0 Å². The first-order valence-electron chi connectivity index (χ1n) is 18.6. The van der Waals surface area contributed by atoms with Gasteiger partial charge in [-0.25, -0.2) is 0 Å². The van der Waals surface area contributed by atoms with Crippen molar-refractivity contribution >= 4 is 63.5 Å². The maximum absolute atomic E-state index is 12.2. The highest BCUT2D eigenvalue weighted by Gasteiger charge is 2.48. The van der Waals surface area contributed by atoms with E-state index >= 15 is 0 Å². The highest BCUT2D eigenvalue weighted by atomic mass is 32.2. The Labute approximate surface area is 340 Å². The van der Waals surface area contributed by atoms with Crippen molar-refractivity contribution in [2.24, 2.45) is 0 Å². The van der Waals surface area contributed by atoms with Crippen molar-refractivity contribution in [1.29, 1.82) is 0 Å². The molecule has 0 saturated heterocycles. The number of anilines is 1. The summed E-state index contributed by atoms with van der Waals surface area (Å²) in [6, 6.07) is 8.52. The summed E-state index contributed by atoms with van der Waals surface area (Å²) in [6.07, 6.45) is 11.8. The molecular weight excluding hydrogens is 837 g/mol. The summed E-state index contributed by atoms with van der Waals surface area (Å²) in [5.74, 6) is -1.84. The summed E-state index contributed by atoms with van der Waals surface area (Å²) in [7, 11) is -17.6. The minimum Gasteiger partial charge on any atom is -0.481 e. The van der Waals surface area contributed by atoms with E-state index in [0.717, 1.165) is 11.4 Å². The molecule has 0 spiro atoms. The van der Waals surface area contributed by atoms with E-state index in [0.29, 0.717) is 67.6 Å². The number of fused-ring (bicyclic) bond motifs is 2. The molecule has 4 rings (SSSR count). The highest BCUT2D eigenvalue weighted by molar-refractivity contribution is 7.86. The van der Waals surface area contributed by atoms with Crippen LogP contribution in [0.2, 0.25) is 0 Å². The number of hydrogen-bond donors (Lipinski definition) is 5. The van der Waals surface area contributed by atoms with Gasteiger partial charge in [0.2, 0.25) is 5.69 Å². The van der Waals surface area contributed by atoms with E-state index in [1.807, 2.05) is 36.3 Å². The molecule has 0 radical (unpaired) electrons. The molecule has 1 atom stereocenters. The molecule has 2 aliphatic heterocycles. The third kappa shape index (κ3) is 11.9. The van der Waals surface area contributed by atoms with E-state index in [1.165, 1.54) is 30.3 Å². The summed E-state index contributed by atoms with van der Waals surface area (Å²) in [5, 5.41) is 9.05. The molecule has 20 heteroatoms. The van der Waals surface area contributed by atoms with Gasteiger partial charge in [0.05, 0.1) is 26.7 Å². The Balaban J connectivity index is 1.75. The van der Waals surface area contributed by atoms with Gasteiger partial charge in [-0.3, -0.25) is 23.0 Å². The first-order chi connectivity index (χ1) is 26.8. The number of carboxylic acid groups (broad SMARTS) is 1. The van der Waals surface area contributed by atoms with Crippen LogP contribution in [0.4, 0.5) is 11.4 Å². The maximum atomic E-state index is 12.2. The third-order valence-corrected chi connectivity index (χ3v) is 13.8. The number of aliphatic carboxylic acids is 1. The van der Waals surface area contributed by atoms with Gasteiger partial charge in [0, 0.05) is 53.9 Å². The van der Waals surface area contributed by atoms with Crippen molar-refractivity contribution < 1.29 is 66.4 Å². The molecule has 2 aromatic carbocycles. The highest BCUT2D eigenvalue weighted by Crippen LogP contribution is 2.49. The molecule has 0 bridgehead atoms. The largest absolute Gasteiger partial charge is 0.481 e. The maximum Gasteiger partial charge on any atom is 0.303 e. The molecule has 2 aliphatic rings. The number of nitrogens with zero attached hydrogens (tertiary/aromatic N) is 2. The van der Waals surface area contributed by atoms with Crippen LogP contribution in [0.15, 0.2) is 82.3 Å². The molecule has 5 N–H and O–H groups in total. The molecular formula is C38H51N2O14S4+. The van der Waals surface area contributed by atoms with Crippen LogP contribution >= 0.6 is 0 Å². The van der Waals surface area contributed by atoms with Crippen LogP contribution in [0, 0.1) is 0 Å². The van der Waals surface area contributed by atoms with E-state index in [4.69, 9.17) is 5.11 Å². The second kappa shape index (κ2) is 18.2. The van der Waals surface area contributed by atoms with Crippen molar-refractivity contribution in [2.45, 2.75) is 99.2 Å². The molecule has 1 unspecified atom stereocenters. The quantitative estimate of drug-likeness (QED) is 0.0436. The van der Waals surface area contributed by atoms with E-state index < -0.39 is 68.8 Å². The normalized spacial score (nSPS) is 19.2. The summed E-state index contributed by atoms with van der Waals surface area (Å²) in [5.41, 5.74) is 2.28. The average Bonchev–Trinajstić information content (AvgIpc) is 3.45. The Hall–Kier alpha value is -3.76. The molecule has 320 valence electrons. The van der Waals surface area contributed by atoms with Crippen molar-refractivity contribution in [3.63, 3.8) is 0 Å². The number of allylic oxidation sites excluding steroid dienone is 6. The molecule has 0 saturated carbocycles. The average molecular weight is 888 g/mol. The van der Waals surface area contributed by atoms with Crippen LogP contribution in [0.5, 0.6) is 0 Å². The number of rotatable bonds is 21. The van der Waals surface area contributed by atoms with Crippen molar-refractivity contribution in [2.75, 3.05) is 29.5 Å². The predicted molar refractivity (Wildman–Crippen MR) is 218 cm³/mol. The van der Waals surface area contributed by atoms with E-state index in [9.17, 15) is 56.7 Å². The molecule has 0 fully saturated rings. The second-order valence-corrected chi connectivity index (χ2v) is 21.2. The number of hydrogen-bond acceptors (Lipinski definition) is 10. The van der Waals surface area contributed by atoms with Gasteiger partial charge in [0.15, 0.2) is 5.71 Å². The Morgan fingerprint density at radius 1 is 0.707 bits per heavy atom. The summed E-state index contributed by atoms with van der Waals surface area (Å²) < 4.78 is 135. The van der Waals surface area contributed by atoms with Crippen molar-refractivity contribution in [3.05, 3.63) is 83.6 Å². The van der Waals surface area contributed by atoms with Gasteiger partial charge in [0.1, 0.15) is 6.54 Å². The lowest BCUT2D eigenvalue weighted by Gasteiger charge is -2.27. The van der Waals surface area contributed by atoms with Crippen LogP contribution < -0.4 is 4.90 Å². The van der Waals surface area contributed by atoms with Crippen LogP contribution in [0.1, 0.15) is 89.7 Å². The lowest BCUT2D eigenvalue weighted by Crippen LogP contribution is -2.32. The zero-order valence-corrected chi connectivity index (χ0v) is 35.7. The van der Waals surface area contributed by atoms with Gasteiger partial charge in [-0.05, 0) is 81.0 Å². The third-order valence-electron chi connectivity index (χ3n) is 10.5. The fourth-order valence-corrected chi connectivity index (χ4v) is 9.80. The van der Waals surface area contributed by atoms with Gasteiger partial charge in [-0.15, -0.1) is 0 Å². The van der Waals surface area contributed by atoms with E-state index in [-0.39, 0.29) is 35.6 Å². The molecule has 0 aliphatic carbocycles. The van der Waals surface area contributed by atoms with Gasteiger partial charge in [-0.2, -0.15) is 38.2 Å². The molecule has 58 heavy (non-hydrogen) atoms. The number of unbranched alkanes of at least 4 members (excludes halogenated alkanes) is 4. The van der Waals surface area contributed by atoms with Crippen LogP contribution in [0.3, 0.4) is 0 Å².